The molecule has 1 aliphatic rings. The summed E-state index contributed by atoms with van der Waals surface area (Å²) in [7, 11) is -2.57. The van der Waals surface area contributed by atoms with Gasteiger partial charge in [0.2, 0.25) is 0 Å². The van der Waals surface area contributed by atoms with Crippen LogP contribution in [-0.2, 0) is 16.7 Å². The lowest BCUT2D eigenvalue weighted by atomic mass is 10.1. The Morgan fingerprint density at radius 1 is 1.10 bits per heavy atom. The van der Waals surface area contributed by atoms with Gasteiger partial charge in [-0.15, -0.1) is 0 Å². The standard InChI is InChI=1S/C21H24N2O5S/c1-15-3-4-19(26-2)20(11-15)28-29(24,25)18-12-16-5-10-27-21(16)17(13-18)14-23-8-6-22-7-9-23/h3-5,10-13,22H,6-9,14H2,1-2H3. The van der Waals surface area contributed by atoms with Crippen molar-refractivity contribution in [2.24, 2.45) is 0 Å². The maximum atomic E-state index is 13.1. The number of piperazine rings is 1. The summed E-state index contributed by atoms with van der Waals surface area (Å²) in [4.78, 5) is 2.37. The quantitative estimate of drug-likeness (QED) is 0.619. The molecule has 0 unspecified atom stereocenters. The lowest BCUT2D eigenvalue weighted by Crippen LogP contribution is -2.42. The van der Waals surface area contributed by atoms with Crippen molar-refractivity contribution in [1.29, 1.82) is 0 Å². The minimum absolute atomic E-state index is 0.0973. The van der Waals surface area contributed by atoms with Crippen LogP contribution in [0, 0.1) is 6.92 Å². The Morgan fingerprint density at radius 2 is 1.90 bits per heavy atom. The van der Waals surface area contributed by atoms with Crippen molar-refractivity contribution in [2.45, 2.75) is 18.4 Å². The van der Waals surface area contributed by atoms with E-state index in [4.69, 9.17) is 13.3 Å². The van der Waals surface area contributed by atoms with Gasteiger partial charge in [0.25, 0.3) is 0 Å². The number of nitrogens with zero attached hydrogens (tertiary/aromatic N) is 1. The first-order chi connectivity index (χ1) is 14.0. The molecule has 7 nitrogen and oxygen atoms in total. The van der Waals surface area contributed by atoms with Crippen LogP contribution in [0.3, 0.4) is 0 Å². The van der Waals surface area contributed by atoms with Gasteiger partial charge in [-0.25, -0.2) is 0 Å². The van der Waals surface area contributed by atoms with Crippen LogP contribution < -0.4 is 14.2 Å². The molecule has 8 heteroatoms. The van der Waals surface area contributed by atoms with Crippen LogP contribution in [0.1, 0.15) is 11.1 Å². The molecule has 1 N–H and O–H groups in total. The third-order valence-electron chi connectivity index (χ3n) is 5.01. The van der Waals surface area contributed by atoms with Gasteiger partial charge in [-0.1, -0.05) is 6.07 Å². The molecule has 0 atom stereocenters. The molecule has 1 aliphatic heterocycles. The molecule has 1 fully saturated rings. The van der Waals surface area contributed by atoms with E-state index in [0.29, 0.717) is 17.9 Å². The van der Waals surface area contributed by atoms with E-state index in [1.165, 1.54) is 7.11 Å². The molecule has 2 heterocycles. The fourth-order valence-corrected chi connectivity index (χ4v) is 4.53. The highest BCUT2D eigenvalue weighted by molar-refractivity contribution is 7.87. The number of nitrogens with one attached hydrogen (secondary N) is 1. The van der Waals surface area contributed by atoms with Gasteiger partial charge in [0, 0.05) is 43.7 Å². The number of hydrogen-bond donors (Lipinski definition) is 1. The lowest BCUT2D eigenvalue weighted by molar-refractivity contribution is 0.233. The zero-order valence-electron chi connectivity index (χ0n) is 16.5. The molecular formula is C21H24N2O5S. The van der Waals surface area contributed by atoms with E-state index in [0.717, 1.165) is 42.7 Å². The third-order valence-corrected chi connectivity index (χ3v) is 6.22. The van der Waals surface area contributed by atoms with Crippen LogP contribution in [0.2, 0.25) is 0 Å². The fraction of sp³-hybridized carbons (Fsp3) is 0.333. The Hall–Kier alpha value is -2.55. The second kappa shape index (κ2) is 8.06. The van der Waals surface area contributed by atoms with Gasteiger partial charge in [-0.05, 0) is 42.8 Å². The van der Waals surface area contributed by atoms with E-state index in [1.54, 1.807) is 36.6 Å². The van der Waals surface area contributed by atoms with Crippen molar-refractivity contribution in [3.8, 4) is 11.5 Å². The van der Waals surface area contributed by atoms with E-state index in [1.807, 2.05) is 13.0 Å². The van der Waals surface area contributed by atoms with E-state index in [9.17, 15) is 8.42 Å². The summed E-state index contributed by atoms with van der Waals surface area (Å²) in [6.45, 7) is 6.10. The summed E-state index contributed by atoms with van der Waals surface area (Å²) in [5, 5.41) is 4.05. The summed E-state index contributed by atoms with van der Waals surface area (Å²) in [6.07, 6.45) is 1.58. The van der Waals surface area contributed by atoms with Crippen LogP contribution in [0.5, 0.6) is 11.5 Å². The number of aryl methyl sites for hydroxylation is 1. The molecular weight excluding hydrogens is 392 g/mol. The molecule has 0 amide bonds. The number of benzene rings is 2. The highest BCUT2D eigenvalue weighted by atomic mass is 32.2. The van der Waals surface area contributed by atoms with Crippen molar-refractivity contribution in [2.75, 3.05) is 33.3 Å². The van der Waals surface area contributed by atoms with Crippen LogP contribution in [0.15, 0.2) is 52.0 Å². The molecule has 154 valence electrons. The number of rotatable bonds is 6. The highest BCUT2D eigenvalue weighted by Gasteiger charge is 2.23. The van der Waals surface area contributed by atoms with Crippen molar-refractivity contribution < 1.29 is 21.8 Å². The Kier molecular flexibility index (Phi) is 5.49. The zero-order chi connectivity index (χ0) is 20.4. The number of ether oxygens (including phenoxy) is 1. The van der Waals surface area contributed by atoms with Gasteiger partial charge in [0.1, 0.15) is 10.5 Å². The fourth-order valence-electron chi connectivity index (χ4n) is 3.51. The monoisotopic (exact) mass is 416 g/mol. The minimum Gasteiger partial charge on any atom is -0.493 e. The largest absolute Gasteiger partial charge is 0.493 e. The topological polar surface area (TPSA) is 81.0 Å². The second-order valence-electron chi connectivity index (χ2n) is 7.14. The predicted molar refractivity (Wildman–Crippen MR) is 110 cm³/mol. The first kappa shape index (κ1) is 19.8. The van der Waals surface area contributed by atoms with Crippen LogP contribution in [0.4, 0.5) is 0 Å². The van der Waals surface area contributed by atoms with Crippen molar-refractivity contribution in [1.82, 2.24) is 10.2 Å². The van der Waals surface area contributed by atoms with Crippen LogP contribution in [0.25, 0.3) is 11.0 Å². The molecule has 0 spiro atoms. The summed E-state index contributed by atoms with van der Waals surface area (Å²) >= 11 is 0. The van der Waals surface area contributed by atoms with Crippen molar-refractivity contribution in [3.63, 3.8) is 0 Å². The summed E-state index contributed by atoms with van der Waals surface area (Å²) in [5.74, 6) is 0.535. The van der Waals surface area contributed by atoms with E-state index in [-0.39, 0.29) is 10.6 Å². The van der Waals surface area contributed by atoms with Gasteiger partial charge in [0.15, 0.2) is 11.5 Å². The van der Waals surface area contributed by atoms with E-state index >= 15 is 0 Å². The second-order valence-corrected chi connectivity index (χ2v) is 8.69. The first-order valence-electron chi connectivity index (χ1n) is 9.48. The highest BCUT2D eigenvalue weighted by Crippen LogP contribution is 2.32. The molecule has 0 bridgehead atoms. The van der Waals surface area contributed by atoms with Gasteiger partial charge >= 0.3 is 10.1 Å². The van der Waals surface area contributed by atoms with Crippen molar-refractivity contribution >= 4 is 21.1 Å². The van der Waals surface area contributed by atoms with E-state index < -0.39 is 10.1 Å². The van der Waals surface area contributed by atoms with Gasteiger partial charge in [0.05, 0.1) is 13.4 Å². The van der Waals surface area contributed by atoms with Gasteiger partial charge in [-0.2, -0.15) is 8.42 Å². The zero-order valence-corrected chi connectivity index (χ0v) is 17.3. The molecule has 1 saturated heterocycles. The number of furan rings is 1. The average molecular weight is 416 g/mol. The number of fused-ring (bicyclic) bond motifs is 1. The van der Waals surface area contributed by atoms with Gasteiger partial charge < -0.3 is 18.7 Å². The molecule has 1 aromatic heterocycles. The van der Waals surface area contributed by atoms with Gasteiger partial charge in [-0.3, -0.25) is 4.90 Å². The first-order valence-corrected chi connectivity index (χ1v) is 10.9. The SMILES string of the molecule is COc1ccc(C)cc1OS(=O)(=O)c1cc(CN2CCNCC2)c2occc2c1. The normalized spacial score (nSPS) is 15.5. The third kappa shape index (κ3) is 4.24. The van der Waals surface area contributed by atoms with Crippen LogP contribution in [-0.4, -0.2) is 46.6 Å². The Bertz CT molecular complexity index is 1120. The number of methoxy groups -OCH3 is 1. The molecule has 0 saturated carbocycles. The lowest BCUT2D eigenvalue weighted by Gasteiger charge is -2.27. The number of hydrogen-bond acceptors (Lipinski definition) is 7. The maximum Gasteiger partial charge on any atom is 0.339 e. The maximum absolute atomic E-state index is 13.1. The molecule has 4 rings (SSSR count). The molecule has 0 aliphatic carbocycles. The smallest absolute Gasteiger partial charge is 0.339 e. The molecule has 2 aromatic carbocycles. The molecule has 3 aromatic rings. The Labute approximate surface area is 170 Å². The predicted octanol–water partition coefficient (Wildman–Crippen LogP) is 2.92. The van der Waals surface area contributed by atoms with Crippen molar-refractivity contribution in [3.05, 3.63) is 53.8 Å². The van der Waals surface area contributed by atoms with E-state index in [2.05, 4.69) is 10.2 Å². The van der Waals surface area contributed by atoms with Crippen LogP contribution >= 0.6 is 0 Å². The minimum atomic E-state index is -4.05. The summed E-state index contributed by atoms with van der Waals surface area (Å²) < 4.78 is 42.5. The summed E-state index contributed by atoms with van der Waals surface area (Å²) in [6, 6.07) is 10.2. The Morgan fingerprint density at radius 3 is 2.66 bits per heavy atom. The molecule has 29 heavy (non-hydrogen) atoms. The summed E-state index contributed by atoms with van der Waals surface area (Å²) in [5.41, 5.74) is 2.41. The molecule has 0 radical (unpaired) electrons. The Balaban J connectivity index is 1.70. The average Bonchev–Trinajstić information content (AvgIpc) is 3.18.